The third-order valence-electron chi connectivity index (χ3n) is 6.30. The third-order valence-corrected chi connectivity index (χ3v) is 6.30. The zero-order chi connectivity index (χ0) is 33.0. The van der Waals surface area contributed by atoms with Crippen molar-refractivity contribution in [3.8, 4) is 5.75 Å². The lowest BCUT2D eigenvalue weighted by molar-refractivity contribution is -0.149. The van der Waals surface area contributed by atoms with Crippen LogP contribution in [-0.2, 0) is 41.6 Å². The van der Waals surface area contributed by atoms with Crippen LogP contribution in [0.2, 0.25) is 0 Å². The number of phenols is 1. The standard InChI is InChI=1S/C31H39N4O9/c1-31(2,3)44-30(43)35(5)18-26(39)33-27(24(29(41)42)16-20-9-7-6-8-10-20)28(40)34(4)17-25(38)32-22(19-36)15-21-11-13-23(37)14-12-21/h6-14,22,24,27,37H,15-18H2,1-5H3,(H,32,38)(H,33,39)(H,41,42)/t22-,24+,27-/m0/s1. The number of phenolic OH excluding ortho intramolecular Hbond substituents is 1. The lowest BCUT2D eigenvalue weighted by Crippen LogP contribution is -2.57. The van der Waals surface area contributed by atoms with E-state index in [2.05, 4.69) is 10.6 Å². The Balaban J connectivity index is 2.21. The van der Waals surface area contributed by atoms with Crippen molar-refractivity contribution in [1.29, 1.82) is 0 Å². The minimum Gasteiger partial charge on any atom is -0.508 e. The van der Waals surface area contributed by atoms with E-state index in [1.807, 2.05) is 0 Å². The number of hydrogen-bond donors (Lipinski definition) is 4. The Morgan fingerprint density at radius 3 is 1.93 bits per heavy atom. The monoisotopic (exact) mass is 611 g/mol. The Labute approximate surface area is 256 Å². The molecule has 13 nitrogen and oxygen atoms in total. The fourth-order valence-corrected chi connectivity index (χ4v) is 4.15. The number of nitrogens with one attached hydrogen (secondary N) is 2. The molecule has 2 rings (SSSR count). The largest absolute Gasteiger partial charge is 0.508 e. The molecular weight excluding hydrogens is 572 g/mol. The summed E-state index contributed by atoms with van der Waals surface area (Å²) in [4.78, 5) is 77.5. The Morgan fingerprint density at radius 2 is 1.39 bits per heavy atom. The first-order valence-corrected chi connectivity index (χ1v) is 13.8. The number of aromatic hydroxyl groups is 1. The summed E-state index contributed by atoms with van der Waals surface area (Å²) in [7, 11) is 2.58. The average molecular weight is 612 g/mol. The van der Waals surface area contributed by atoms with E-state index in [-0.39, 0.29) is 18.6 Å². The molecule has 13 heteroatoms. The molecule has 0 spiro atoms. The predicted molar refractivity (Wildman–Crippen MR) is 159 cm³/mol. The van der Waals surface area contributed by atoms with Crippen LogP contribution in [0, 0.1) is 5.92 Å². The van der Waals surface area contributed by atoms with Gasteiger partial charge in [0.25, 0.3) is 0 Å². The number of carboxylic acid groups (broad SMARTS) is 1. The van der Waals surface area contributed by atoms with Gasteiger partial charge in [0.2, 0.25) is 24.0 Å². The summed E-state index contributed by atoms with van der Waals surface area (Å²) in [5, 5.41) is 24.4. The molecule has 237 valence electrons. The summed E-state index contributed by atoms with van der Waals surface area (Å²) in [6.07, 6.45) is 0.887. The van der Waals surface area contributed by atoms with Crippen molar-refractivity contribution in [2.45, 2.75) is 51.3 Å². The van der Waals surface area contributed by atoms with E-state index in [0.717, 1.165) is 9.80 Å². The van der Waals surface area contributed by atoms with Crippen molar-refractivity contribution in [2.75, 3.05) is 27.2 Å². The lowest BCUT2D eigenvalue weighted by atomic mass is 9.91. The summed E-state index contributed by atoms with van der Waals surface area (Å²) in [6.45, 7) is 3.87. The molecule has 4 N–H and O–H groups in total. The molecule has 0 aromatic heterocycles. The van der Waals surface area contributed by atoms with Gasteiger partial charge < -0.3 is 35.4 Å². The summed E-state index contributed by atoms with van der Waals surface area (Å²) < 4.78 is 5.24. The minimum atomic E-state index is -1.62. The second kappa shape index (κ2) is 16.1. The molecule has 2 aromatic carbocycles. The molecule has 1 radical (unpaired) electrons. The number of likely N-dealkylation sites (N-methyl/N-ethyl adjacent to an activating group) is 2. The molecule has 0 saturated carbocycles. The number of carboxylic acids is 1. The van der Waals surface area contributed by atoms with Crippen molar-refractivity contribution in [2.24, 2.45) is 5.92 Å². The van der Waals surface area contributed by atoms with Crippen LogP contribution >= 0.6 is 0 Å². The first kappa shape index (κ1) is 35.3. The number of carbonyl (C=O) groups is 5. The van der Waals surface area contributed by atoms with Crippen molar-refractivity contribution in [3.63, 3.8) is 0 Å². The van der Waals surface area contributed by atoms with Gasteiger partial charge in [0.05, 0.1) is 18.5 Å². The average Bonchev–Trinajstić information content (AvgIpc) is 2.94. The quantitative estimate of drug-likeness (QED) is 0.245. The van der Waals surface area contributed by atoms with E-state index in [4.69, 9.17) is 4.74 Å². The van der Waals surface area contributed by atoms with Crippen LogP contribution in [0.25, 0.3) is 0 Å². The zero-order valence-electron chi connectivity index (χ0n) is 25.4. The van der Waals surface area contributed by atoms with Gasteiger partial charge in [-0.1, -0.05) is 42.5 Å². The van der Waals surface area contributed by atoms with Gasteiger partial charge in [-0.05, 0) is 50.5 Å². The first-order chi connectivity index (χ1) is 20.6. The van der Waals surface area contributed by atoms with E-state index in [1.165, 1.54) is 26.2 Å². The van der Waals surface area contributed by atoms with Gasteiger partial charge in [0, 0.05) is 20.5 Å². The number of nitrogens with zero attached hydrogens (tertiary/aromatic N) is 2. The van der Waals surface area contributed by atoms with E-state index in [0.29, 0.717) is 11.1 Å². The van der Waals surface area contributed by atoms with Gasteiger partial charge in [-0.2, -0.15) is 0 Å². The van der Waals surface area contributed by atoms with Crippen LogP contribution in [0.4, 0.5) is 4.79 Å². The van der Waals surface area contributed by atoms with Crippen molar-refractivity contribution < 1.29 is 43.7 Å². The maximum absolute atomic E-state index is 13.6. The number of ether oxygens (including phenoxy) is 1. The van der Waals surface area contributed by atoms with Gasteiger partial charge in [0.1, 0.15) is 23.9 Å². The maximum Gasteiger partial charge on any atom is 0.410 e. The van der Waals surface area contributed by atoms with Crippen LogP contribution in [0.5, 0.6) is 5.75 Å². The molecule has 0 fully saturated rings. The maximum atomic E-state index is 13.6. The summed E-state index contributed by atoms with van der Waals surface area (Å²) >= 11 is 0. The van der Waals surface area contributed by atoms with Crippen molar-refractivity contribution in [3.05, 3.63) is 65.7 Å². The Kier molecular flexibility index (Phi) is 12.9. The normalized spacial score (nSPS) is 13.0. The van der Waals surface area contributed by atoms with Crippen LogP contribution in [0.15, 0.2) is 54.6 Å². The molecule has 44 heavy (non-hydrogen) atoms. The predicted octanol–water partition coefficient (Wildman–Crippen LogP) is 1.28. The zero-order valence-corrected chi connectivity index (χ0v) is 25.4. The molecule has 0 aliphatic heterocycles. The van der Waals surface area contributed by atoms with E-state index < -0.39 is 66.5 Å². The number of rotatable bonds is 14. The summed E-state index contributed by atoms with van der Waals surface area (Å²) in [6, 6.07) is 11.8. The summed E-state index contributed by atoms with van der Waals surface area (Å²) in [5.74, 6) is -5.18. The number of amides is 4. The molecule has 0 aliphatic carbocycles. The number of hydrogen-bond acceptors (Lipinski definition) is 8. The molecule has 0 saturated heterocycles. The molecule has 0 aliphatic rings. The number of aliphatic carboxylic acids is 1. The molecule has 0 unspecified atom stereocenters. The van der Waals surface area contributed by atoms with E-state index >= 15 is 0 Å². The third kappa shape index (κ3) is 11.7. The fourth-order valence-electron chi connectivity index (χ4n) is 4.15. The van der Waals surface area contributed by atoms with Crippen LogP contribution < -0.4 is 10.6 Å². The highest BCUT2D eigenvalue weighted by atomic mass is 16.6. The highest BCUT2D eigenvalue weighted by Crippen LogP contribution is 2.16. The highest BCUT2D eigenvalue weighted by Gasteiger charge is 2.37. The van der Waals surface area contributed by atoms with E-state index in [9.17, 15) is 39.0 Å². The van der Waals surface area contributed by atoms with Gasteiger partial charge in [-0.15, -0.1) is 0 Å². The van der Waals surface area contributed by atoms with Crippen molar-refractivity contribution in [1.82, 2.24) is 20.4 Å². The van der Waals surface area contributed by atoms with Gasteiger partial charge in [-0.3, -0.25) is 24.0 Å². The molecule has 2 aromatic rings. The topological polar surface area (TPSA) is 183 Å². The van der Waals surface area contributed by atoms with Crippen LogP contribution in [0.3, 0.4) is 0 Å². The Bertz CT molecular complexity index is 1310. The van der Waals surface area contributed by atoms with Gasteiger partial charge in [-0.25, -0.2) is 4.79 Å². The smallest absolute Gasteiger partial charge is 0.410 e. The Hall–Kier alpha value is -4.94. The second-order valence-corrected chi connectivity index (χ2v) is 11.3. The minimum absolute atomic E-state index is 0.0367. The van der Waals surface area contributed by atoms with Crippen LogP contribution in [0.1, 0.15) is 31.9 Å². The highest BCUT2D eigenvalue weighted by molar-refractivity contribution is 5.94. The van der Waals surface area contributed by atoms with E-state index in [1.54, 1.807) is 69.5 Å². The van der Waals surface area contributed by atoms with Crippen LogP contribution in [-0.4, -0.2) is 101 Å². The van der Waals surface area contributed by atoms with Crippen molar-refractivity contribution >= 4 is 36.1 Å². The first-order valence-electron chi connectivity index (χ1n) is 13.8. The molecule has 4 amide bonds. The van der Waals surface area contributed by atoms with Gasteiger partial charge >= 0.3 is 12.1 Å². The SMILES string of the molecule is CN(CC(=O)N[C@H](C(=O)N(C)CC(=O)N[C@H]([C]=O)Cc1ccc(O)cc1)[C@@H](Cc1ccccc1)C(=O)O)C(=O)OC(C)(C)C. The number of benzene rings is 2. The Morgan fingerprint density at radius 1 is 0.841 bits per heavy atom. The van der Waals surface area contributed by atoms with Gasteiger partial charge in [0.15, 0.2) is 0 Å². The molecule has 3 atom stereocenters. The number of carbonyl (C=O) groups excluding carboxylic acids is 5. The fraction of sp³-hybridized carbons (Fsp3) is 0.419. The molecular formula is C31H39N4O9. The second-order valence-electron chi connectivity index (χ2n) is 11.3. The molecule has 0 heterocycles. The summed E-state index contributed by atoms with van der Waals surface area (Å²) in [5.41, 5.74) is 0.417. The lowest BCUT2D eigenvalue weighted by Gasteiger charge is -2.29. The molecule has 0 bridgehead atoms.